The van der Waals surface area contributed by atoms with Gasteiger partial charge in [-0.3, -0.25) is 5.32 Å². The Kier molecular flexibility index (Phi) is 5.46. The van der Waals surface area contributed by atoms with Gasteiger partial charge in [0.05, 0.1) is 6.42 Å². The minimum atomic E-state index is -0.370. The molecule has 0 aliphatic carbocycles. The number of carbonyl (C=O) groups excluding carboxylic acids is 1. The van der Waals surface area contributed by atoms with E-state index in [2.05, 4.69) is 20.8 Å². The highest BCUT2D eigenvalue weighted by Crippen LogP contribution is 2.12. The van der Waals surface area contributed by atoms with Crippen molar-refractivity contribution in [3.63, 3.8) is 0 Å². The molecule has 0 bridgehead atoms. The number of rotatable bonds is 6. The van der Waals surface area contributed by atoms with Gasteiger partial charge in [0.1, 0.15) is 5.82 Å². The summed E-state index contributed by atoms with van der Waals surface area (Å²) in [7, 11) is 0. The lowest BCUT2D eigenvalue weighted by molar-refractivity contribution is 0.247. The Morgan fingerprint density at radius 1 is 1.23 bits per heavy atom. The zero-order valence-electron chi connectivity index (χ0n) is 12.6. The number of hydrogen-bond acceptors (Lipinski definition) is 4. The number of urea groups is 1. The van der Waals surface area contributed by atoms with Crippen LogP contribution in [0, 0.1) is 5.82 Å². The Morgan fingerprint density at radius 2 is 1.91 bits per heavy atom. The molecule has 0 aliphatic heterocycles. The smallest absolute Gasteiger partial charge is 0.323 e. The monoisotopic (exact) mass is 306 g/mol. The first-order valence-corrected chi connectivity index (χ1v) is 7.25. The molecule has 7 heteroatoms. The van der Waals surface area contributed by atoms with Crippen molar-refractivity contribution in [1.82, 2.24) is 15.5 Å². The lowest BCUT2D eigenvalue weighted by Crippen LogP contribution is -2.37. The van der Waals surface area contributed by atoms with E-state index in [9.17, 15) is 9.18 Å². The molecule has 1 aromatic carbocycles. The van der Waals surface area contributed by atoms with E-state index in [1.807, 2.05) is 13.8 Å². The van der Waals surface area contributed by atoms with Crippen LogP contribution in [0.3, 0.4) is 0 Å². The molecule has 1 heterocycles. The van der Waals surface area contributed by atoms with E-state index in [4.69, 9.17) is 4.42 Å². The minimum Gasteiger partial charge on any atom is -0.407 e. The van der Waals surface area contributed by atoms with Crippen LogP contribution in [-0.4, -0.2) is 22.3 Å². The van der Waals surface area contributed by atoms with Crippen molar-refractivity contribution < 1.29 is 13.6 Å². The molecule has 2 N–H and O–H groups in total. The molecule has 0 radical (unpaired) electrons. The summed E-state index contributed by atoms with van der Waals surface area (Å²) in [5.74, 6) is 0.0548. The molecule has 0 aliphatic rings. The maximum Gasteiger partial charge on any atom is 0.323 e. The summed E-state index contributed by atoms with van der Waals surface area (Å²) < 4.78 is 18.2. The third kappa shape index (κ3) is 4.54. The average molecular weight is 306 g/mol. The van der Waals surface area contributed by atoms with Crippen LogP contribution < -0.4 is 10.6 Å². The molecule has 0 spiro atoms. The Hall–Kier alpha value is -2.44. The van der Waals surface area contributed by atoms with E-state index in [-0.39, 0.29) is 23.9 Å². The molecular formula is C15H19FN4O2. The number of aromatic nitrogens is 2. The lowest BCUT2D eigenvalue weighted by atomic mass is 10.1. The molecule has 0 unspecified atom stereocenters. The van der Waals surface area contributed by atoms with Gasteiger partial charge in [0.25, 0.3) is 0 Å². The second kappa shape index (κ2) is 7.53. The standard InChI is InChI=1S/C15H19FN4O2/c1-3-12(4-2)17-14(21)18-15-20-19-13(22-15)9-10-5-7-11(16)8-6-10/h5-8,12H,3-4,9H2,1-2H3,(H2,17,18,20,21). The van der Waals surface area contributed by atoms with E-state index >= 15 is 0 Å². The highest BCUT2D eigenvalue weighted by molar-refractivity contribution is 5.87. The predicted octanol–water partition coefficient (Wildman–Crippen LogP) is 3.11. The van der Waals surface area contributed by atoms with Gasteiger partial charge in [0.2, 0.25) is 5.89 Å². The number of amides is 2. The van der Waals surface area contributed by atoms with Crippen LogP contribution in [0.25, 0.3) is 0 Å². The Bertz CT molecular complexity index is 608. The summed E-state index contributed by atoms with van der Waals surface area (Å²) in [6.45, 7) is 4.00. The predicted molar refractivity (Wildman–Crippen MR) is 80.0 cm³/mol. The third-order valence-electron chi connectivity index (χ3n) is 3.28. The number of nitrogens with zero attached hydrogens (tertiary/aromatic N) is 2. The number of halogens is 1. The first-order chi connectivity index (χ1) is 10.6. The van der Waals surface area contributed by atoms with Gasteiger partial charge in [-0.05, 0) is 30.5 Å². The summed E-state index contributed by atoms with van der Waals surface area (Å²) in [6, 6.07) is 5.81. The van der Waals surface area contributed by atoms with Crippen LogP contribution in [-0.2, 0) is 6.42 Å². The van der Waals surface area contributed by atoms with Crippen molar-refractivity contribution in [2.45, 2.75) is 39.2 Å². The van der Waals surface area contributed by atoms with Gasteiger partial charge in [-0.2, -0.15) is 0 Å². The van der Waals surface area contributed by atoms with Crippen LogP contribution in [0.2, 0.25) is 0 Å². The lowest BCUT2D eigenvalue weighted by Gasteiger charge is -2.13. The Morgan fingerprint density at radius 3 is 2.55 bits per heavy atom. The Labute approximate surface area is 128 Å². The van der Waals surface area contributed by atoms with Crippen LogP contribution in [0.15, 0.2) is 28.7 Å². The fourth-order valence-corrected chi connectivity index (χ4v) is 1.96. The molecule has 0 atom stereocenters. The highest BCUT2D eigenvalue weighted by atomic mass is 19.1. The largest absolute Gasteiger partial charge is 0.407 e. The summed E-state index contributed by atoms with van der Waals surface area (Å²) in [6.07, 6.45) is 2.08. The van der Waals surface area contributed by atoms with Crippen molar-refractivity contribution in [3.8, 4) is 0 Å². The highest BCUT2D eigenvalue weighted by Gasteiger charge is 2.12. The fraction of sp³-hybridized carbons (Fsp3) is 0.400. The number of carbonyl (C=O) groups is 1. The topological polar surface area (TPSA) is 80.0 Å². The maximum atomic E-state index is 12.8. The molecule has 2 amide bonds. The SMILES string of the molecule is CCC(CC)NC(=O)Nc1nnc(Cc2ccc(F)cc2)o1. The van der Waals surface area contributed by atoms with E-state index in [1.54, 1.807) is 12.1 Å². The fourth-order valence-electron chi connectivity index (χ4n) is 1.96. The second-order valence-corrected chi connectivity index (χ2v) is 4.92. The molecule has 118 valence electrons. The van der Waals surface area contributed by atoms with Gasteiger partial charge in [0, 0.05) is 6.04 Å². The molecule has 0 saturated heterocycles. The zero-order valence-corrected chi connectivity index (χ0v) is 12.6. The minimum absolute atomic E-state index is 0.0422. The number of anilines is 1. The van der Waals surface area contributed by atoms with Crippen LogP contribution in [0.1, 0.15) is 38.1 Å². The molecular weight excluding hydrogens is 287 g/mol. The quantitative estimate of drug-likeness (QED) is 0.859. The third-order valence-corrected chi connectivity index (χ3v) is 3.28. The van der Waals surface area contributed by atoms with Crippen molar-refractivity contribution in [1.29, 1.82) is 0 Å². The van der Waals surface area contributed by atoms with Gasteiger partial charge in [-0.25, -0.2) is 9.18 Å². The van der Waals surface area contributed by atoms with Crippen LogP contribution in [0.5, 0.6) is 0 Å². The van der Waals surface area contributed by atoms with Gasteiger partial charge in [-0.1, -0.05) is 31.1 Å². The summed E-state index contributed by atoms with van der Waals surface area (Å²) in [4.78, 5) is 11.8. The summed E-state index contributed by atoms with van der Waals surface area (Å²) >= 11 is 0. The number of hydrogen-bond donors (Lipinski definition) is 2. The van der Waals surface area contributed by atoms with E-state index in [1.165, 1.54) is 12.1 Å². The van der Waals surface area contributed by atoms with E-state index < -0.39 is 0 Å². The molecule has 1 aromatic heterocycles. The van der Waals surface area contributed by atoms with E-state index in [0.717, 1.165) is 18.4 Å². The summed E-state index contributed by atoms with van der Waals surface area (Å²) in [5.41, 5.74) is 0.845. The van der Waals surface area contributed by atoms with E-state index in [0.29, 0.717) is 12.3 Å². The normalized spacial score (nSPS) is 10.7. The molecule has 2 rings (SSSR count). The van der Waals surface area contributed by atoms with Crippen LogP contribution >= 0.6 is 0 Å². The molecule has 0 saturated carbocycles. The molecule has 6 nitrogen and oxygen atoms in total. The van der Waals surface area contributed by atoms with Crippen molar-refractivity contribution in [3.05, 3.63) is 41.5 Å². The van der Waals surface area contributed by atoms with Gasteiger partial charge in [-0.15, -0.1) is 5.10 Å². The van der Waals surface area contributed by atoms with Crippen LogP contribution in [0.4, 0.5) is 15.2 Å². The zero-order chi connectivity index (χ0) is 15.9. The first-order valence-electron chi connectivity index (χ1n) is 7.25. The maximum absolute atomic E-state index is 12.8. The van der Waals surface area contributed by atoms with Gasteiger partial charge < -0.3 is 9.73 Å². The molecule has 2 aromatic rings. The first kappa shape index (κ1) is 15.9. The summed E-state index contributed by atoms with van der Waals surface area (Å²) in [5, 5.41) is 12.9. The van der Waals surface area contributed by atoms with Gasteiger partial charge in [0.15, 0.2) is 0 Å². The molecule has 22 heavy (non-hydrogen) atoms. The second-order valence-electron chi connectivity index (χ2n) is 4.92. The number of benzene rings is 1. The van der Waals surface area contributed by atoms with Crippen molar-refractivity contribution in [2.24, 2.45) is 0 Å². The van der Waals surface area contributed by atoms with Gasteiger partial charge >= 0.3 is 12.0 Å². The van der Waals surface area contributed by atoms with Crippen molar-refractivity contribution >= 4 is 12.0 Å². The number of nitrogens with one attached hydrogen (secondary N) is 2. The molecule has 0 fully saturated rings. The van der Waals surface area contributed by atoms with Crippen molar-refractivity contribution in [2.75, 3.05) is 5.32 Å². The Balaban J connectivity index is 1.91. The average Bonchev–Trinajstić information content (AvgIpc) is 2.94.